The second-order valence-electron chi connectivity index (χ2n) is 2.62. The summed E-state index contributed by atoms with van der Waals surface area (Å²) in [6, 6.07) is 5.18. The fraction of sp³-hybridized carbons (Fsp3) is 0.250. The Labute approximate surface area is 82.0 Å². The van der Waals surface area contributed by atoms with Crippen molar-refractivity contribution in [1.29, 1.82) is 0 Å². The van der Waals surface area contributed by atoms with Crippen LogP contribution in [0.3, 0.4) is 0 Å². The van der Waals surface area contributed by atoms with E-state index in [1.54, 1.807) is 0 Å². The van der Waals surface area contributed by atoms with Crippen molar-refractivity contribution >= 4 is 10.0 Å². The highest BCUT2D eigenvalue weighted by atomic mass is 32.2. The van der Waals surface area contributed by atoms with E-state index in [9.17, 15) is 12.8 Å². The summed E-state index contributed by atoms with van der Waals surface area (Å²) in [6.45, 7) is 0.268. The topological polar surface area (TPSA) is 72.2 Å². The molecule has 4 nitrogen and oxygen atoms in total. The van der Waals surface area contributed by atoms with Crippen LogP contribution in [-0.4, -0.2) is 21.5 Å². The number of sulfonamides is 1. The molecular weight excluding hydrogens is 207 g/mol. The van der Waals surface area contributed by atoms with Crippen LogP contribution in [0.1, 0.15) is 0 Å². The van der Waals surface area contributed by atoms with Gasteiger partial charge in [0.1, 0.15) is 10.7 Å². The van der Waals surface area contributed by atoms with E-state index in [0.29, 0.717) is 0 Å². The Morgan fingerprint density at radius 3 is 2.57 bits per heavy atom. The molecule has 0 amide bonds. The number of benzene rings is 1. The second-order valence-corrected chi connectivity index (χ2v) is 4.35. The highest BCUT2D eigenvalue weighted by molar-refractivity contribution is 7.89. The first-order valence-corrected chi connectivity index (χ1v) is 5.50. The summed E-state index contributed by atoms with van der Waals surface area (Å²) in [5, 5.41) is 0. The molecule has 1 rings (SSSR count). The summed E-state index contributed by atoms with van der Waals surface area (Å²) in [5.74, 6) is -0.767. The molecule has 1 aromatic rings. The molecule has 0 saturated heterocycles. The molecule has 3 N–H and O–H groups in total. The van der Waals surface area contributed by atoms with E-state index >= 15 is 0 Å². The van der Waals surface area contributed by atoms with Gasteiger partial charge in [0.2, 0.25) is 10.0 Å². The summed E-state index contributed by atoms with van der Waals surface area (Å²) >= 11 is 0. The molecule has 6 heteroatoms. The van der Waals surface area contributed by atoms with Crippen LogP contribution in [0.15, 0.2) is 29.2 Å². The minimum Gasteiger partial charge on any atom is -0.329 e. The van der Waals surface area contributed by atoms with Gasteiger partial charge in [-0.15, -0.1) is 0 Å². The molecule has 0 radical (unpaired) electrons. The lowest BCUT2D eigenvalue weighted by Crippen LogP contribution is -2.29. The number of nitrogens with two attached hydrogens (primary N) is 1. The van der Waals surface area contributed by atoms with Gasteiger partial charge in [-0.2, -0.15) is 0 Å². The van der Waals surface area contributed by atoms with E-state index < -0.39 is 15.8 Å². The number of rotatable bonds is 4. The van der Waals surface area contributed by atoms with Gasteiger partial charge in [0.15, 0.2) is 0 Å². The standard InChI is InChI=1S/C8H11FN2O2S/c9-7-3-1-2-4-8(7)14(12,13)11-6-5-10/h1-4,11H,5-6,10H2. The fourth-order valence-corrected chi connectivity index (χ4v) is 2.06. The third-order valence-electron chi connectivity index (χ3n) is 1.56. The zero-order valence-corrected chi connectivity index (χ0v) is 8.22. The van der Waals surface area contributed by atoms with Gasteiger partial charge in [0.05, 0.1) is 0 Å². The van der Waals surface area contributed by atoms with Gasteiger partial charge in [0, 0.05) is 13.1 Å². The Balaban J connectivity index is 2.99. The average Bonchev–Trinajstić information content (AvgIpc) is 2.15. The van der Waals surface area contributed by atoms with Gasteiger partial charge in [0.25, 0.3) is 0 Å². The Hall–Kier alpha value is -0.980. The van der Waals surface area contributed by atoms with E-state index in [2.05, 4.69) is 4.72 Å². The highest BCUT2D eigenvalue weighted by Crippen LogP contribution is 2.12. The minimum atomic E-state index is -3.76. The number of nitrogens with one attached hydrogen (secondary N) is 1. The Kier molecular flexibility index (Phi) is 3.56. The summed E-state index contributed by atoms with van der Waals surface area (Å²) in [7, 11) is -3.76. The molecule has 14 heavy (non-hydrogen) atoms. The Morgan fingerprint density at radius 1 is 1.36 bits per heavy atom. The van der Waals surface area contributed by atoms with E-state index in [1.807, 2.05) is 0 Å². The van der Waals surface area contributed by atoms with Crippen molar-refractivity contribution in [3.63, 3.8) is 0 Å². The maximum Gasteiger partial charge on any atom is 0.243 e. The first-order chi connectivity index (χ1) is 6.58. The molecule has 0 saturated carbocycles. The first-order valence-electron chi connectivity index (χ1n) is 4.02. The largest absolute Gasteiger partial charge is 0.329 e. The van der Waals surface area contributed by atoms with Crippen molar-refractivity contribution in [3.05, 3.63) is 30.1 Å². The van der Waals surface area contributed by atoms with Crippen molar-refractivity contribution < 1.29 is 12.8 Å². The summed E-state index contributed by atoms with van der Waals surface area (Å²) < 4.78 is 38.0. The van der Waals surface area contributed by atoms with Gasteiger partial charge in [-0.3, -0.25) is 0 Å². The summed E-state index contributed by atoms with van der Waals surface area (Å²) in [4.78, 5) is -0.353. The van der Waals surface area contributed by atoms with Gasteiger partial charge in [-0.1, -0.05) is 12.1 Å². The van der Waals surface area contributed by atoms with Crippen molar-refractivity contribution in [1.82, 2.24) is 4.72 Å². The molecule has 0 bridgehead atoms. The van der Waals surface area contributed by atoms with Gasteiger partial charge in [-0.25, -0.2) is 17.5 Å². The van der Waals surface area contributed by atoms with Crippen LogP contribution in [0.2, 0.25) is 0 Å². The average molecular weight is 218 g/mol. The second kappa shape index (κ2) is 4.50. The van der Waals surface area contributed by atoms with Gasteiger partial charge >= 0.3 is 0 Å². The molecule has 1 aromatic carbocycles. The van der Waals surface area contributed by atoms with Crippen LogP contribution < -0.4 is 10.5 Å². The highest BCUT2D eigenvalue weighted by Gasteiger charge is 2.16. The maximum absolute atomic E-state index is 13.1. The minimum absolute atomic E-state index is 0.0939. The number of halogens is 1. The third-order valence-corrected chi connectivity index (χ3v) is 3.06. The molecular formula is C8H11FN2O2S. The van der Waals surface area contributed by atoms with Crippen LogP contribution in [0.25, 0.3) is 0 Å². The van der Waals surface area contributed by atoms with Crippen molar-refractivity contribution in [2.24, 2.45) is 5.73 Å². The van der Waals surface area contributed by atoms with Crippen LogP contribution in [0, 0.1) is 5.82 Å². The van der Waals surface area contributed by atoms with Crippen molar-refractivity contribution in [2.45, 2.75) is 4.90 Å². The summed E-state index contributed by atoms with van der Waals surface area (Å²) in [5.41, 5.74) is 5.13. The number of hydrogen-bond acceptors (Lipinski definition) is 3. The smallest absolute Gasteiger partial charge is 0.243 e. The molecule has 0 heterocycles. The molecule has 0 aliphatic carbocycles. The SMILES string of the molecule is NCCNS(=O)(=O)c1ccccc1F. The molecule has 0 aliphatic heterocycles. The molecule has 0 aromatic heterocycles. The normalized spacial score (nSPS) is 11.6. The maximum atomic E-state index is 13.1. The molecule has 0 spiro atoms. The lowest BCUT2D eigenvalue weighted by atomic mass is 10.4. The van der Waals surface area contributed by atoms with E-state index in [0.717, 1.165) is 6.07 Å². The Bertz CT molecular complexity index is 406. The van der Waals surface area contributed by atoms with E-state index in [1.165, 1.54) is 18.2 Å². The fourth-order valence-electron chi connectivity index (χ4n) is 0.934. The molecule has 0 unspecified atom stereocenters. The van der Waals surface area contributed by atoms with Crippen LogP contribution in [0.4, 0.5) is 4.39 Å². The monoisotopic (exact) mass is 218 g/mol. The van der Waals surface area contributed by atoms with Crippen LogP contribution in [-0.2, 0) is 10.0 Å². The predicted molar refractivity (Wildman–Crippen MR) is 50.6 cm³/mol. The quantitative estimate of drug-likeness (QED) is 0.750. The van der Waals surface area contributed by atoms with Gasteiger partial charge < -0.3 is 5.73 Å². The Morgan fingerprint density at radius 2 is 2.00 bits per heavy atom. The van der Waals surface area contributed by atoms with E-state index in [-0.39, 0.29) is 18.0 Å². The first kappa shape index (κ1) is 11.1. The third kappa shape index (κ3) is 2.50. The molecule has 0 atom stereocenters. The van der Waals surface area contributed by atoms with Gasteiger partial charge in [-0.05, 0) is 12.1 Å². The summed E-state index contributed by atoms with van der Waals surface area (Å²) in [6.07, 6.45) is 0. The van der Waals surface area contributed by atoms with E-state index in [4.69, 9.17) is 5.73 Å². The molecule has 0 fully saturated rings. The van der Waals surface area contributed by atoms with Crippen LogP contribution >= 0.6 is 0 Å². The van der Waals surface area contributed by atoms with Crippen molar-refractivity contribution in [3.8, 4) is 0 Å². The lowest BCUT2D eigenvalue weighted by Gasteiger charge is -2.05. The molecule has 0 aliphatic rings. The lowest BCUT2D eigenvalue weighted by molar-refractivity contribution is 0.557. The zero-order valence-electron chi connectivity index (χ0n) is 7.40. The predicted octanol–water partition coefficient (Wildman–Crippen LogP) is 0.0627. The van der Waals surface area contributed by atoms with Crippen LogP contribution in [0.5, 0.6) is 0 Å². The number of hydrogen-bond donors (Lipinski definition) is 2. The van der Waals surface area contributed by atoms with Crippen molar-refractivity contribution in [2.75, 3.05) is 13.1 Å². The zero-order chi connectivity index (χ0) is 10.6. The molecule has 78 valence electrons.